The van der Waals surface area contributed by atoms with Crippen LogP contribution in [0.5, 0.6) is 0 Å². The zero-order valence-corrected chi connectivity index (χ0v) is 12.1. The Balaban J connectivity index is 2.77. The van der Waals surface area contributed by atoms with Crippen LogP contribution >= 0.6 is 31.9 Å². The van der Waals surface area contributed by atoms with Crippen LogP contribution in [0.15, 0.2) is 18.3 Å². The molecule has 0 bridgehead atoms. The minimum absolute atomic E-state index is 0.117. The van der Waals surface area contributed by atoms with Crippen LogP contribution in [-0.2, 0) is 11.0 Å². The van der Waals surface area contributed by atoms with Crippen molar-refractivity contribution < 1.29 is 18.0 Å². The summed E-state index contributed by atoms with van der Waals surface area (Å²) in [4.78, 5) is 14.8. The second-order valence-electron chi connectivity index (χ2n) is 3.36. The van der Waals surface area contributed by atoms with Crippen molar-refractivity contribution in [1.82, 2.24) is 4.98 Å². The molecule has 8 heteroatoms. The lowest BCUT2D eigenvalue weighted by Gasteiger charge is -2.11. The number of nitrogens with zero attached hydrogens (tertiary/aromatic N) is 1. The van der Waals surface area contributed by atoms with E-state index >= 15 is 0 Å². The molecule has 100 valence electrons. The van der Waals surface area contributed by atoms with E-state index in [-0.39, 0.29) is 5.82 Å². The number of carbonyl (C=O) groups excluding carboxylic acids is 1. The predicted octanol–water partition coefficient (Wildman–Crippen LogP) is 3.59. The minimum Gasteiger partial charge on any atom is -0.310 e. The van der Waals surface area contributed by atoms with Crippen LogP contribution in [0.3, 0.4) is 0 Å². The Labute approximate surface area is 118 Å². The molecule has 0 saturated heterocycles. The van der Waals surface area contributed by atoms with Crippen molar-refractivity contribution in [2.45, 2.75) is 17.4 Å². The number of hydrogen-bond acceptors (Lipinski definition) is 2. The Bertz CT molecular complexity index is 426. The quantitative estimate of drug-likeness (QED) is 0.799. The Hall–Kier alpha value is -0.630. The first-order valence-electron chi connectivity index (χ1n) is 4.88. The highest BCUT2D eigenvalue weighted by Crippen LogP contribution is 2.29. The summed E-state index contributed by atoms with van der Waals surface area (Å²) in [6, 6.07) is 1.64. The lowest BCUT2D eigenvalue weighted by molar-refractivity contribution is -0.137. The van der Waals surface area contributed by atoms with Crippen LogP contribution in [0.2, 0.25) is 0 Å². The molecule has 1 aromatic heterocycles. The number of halogens is 5. The number of amides is 1. The van der Waals surface area contributed by atoms with Crippen LogP contribution in [0.1, 0.15) is 12.0 Å². The number of nitrogens with one attached hydrogen (secondary N) is 1. The fourth-order valence-electron chi connectivity index (χ4n) is 1.11. The van der Waals surface area contributed by atoms with E-state index in [0.717, 1.165) is 18.3 Å². The molecule has 1 N–H and O–H groups in total. The number of alkyl halides is 5. The van der Waals surface area contributed by atoms with Gasteiger partial charge in [0, 0.05) is 11.5 Å². The van der Waals surface area contributed by atoms with Gasteiger partial charge in [0.15, 0.2) is 0 Å². The molecule has 1 atom stereocenters. The highest BCUT2D eigenvalue weighted by Gasteiger charge is 2.31. The number of anilines is 1. The molecule has 1 unspecified atom stereocenters. The van der Waals surface area contributed by atoms with E-state index in [4.69, 9.17) is 0 Å². The van der Waals surface area contributed by atoms with Crippen LogP contribution in [0.4, 0.5) is 19.0 Å². The van der Waals surface area contributed by atoms with Crippen molar-refractivity contribution in [2.75, 3.05) is 10.6 Å². The first-order chi connectivity index (χ1) is 8.34. The van der Waals surface area contributed by atoms with E-state index in [1.165, 1.54) is 0 Å². The van der Waals surface area contributed by atoms with Crippen molar-refractivity contribution in [3.63, 3.8) is 0 Å². The molecule has 1 aromatic rings. The van der Waals surface area contributed by atoms with Crippen LogP contribution in [0.25, 0.3) is 0 Å². The lowest BCUT2D eigenvalue weighted by atomic mass is 10.2. The molecule has 18 heavy (non-hydrogen) atoms. The van der Waals surface area contributed by atoms with Gasteiger partial charge in [0.2, 0.25) is 5.91 Å². The lowest BCUT2D eigenvalue weighted by Crippen LogP contribution is -2.23. The van der Waals surface area contributed by atoms with Crippen molar-refractivity contribution in [1.29, 1.82) is 0 Å². The molecule has 3 nitrogen and oxygen atoms in total. The van der Waals surface area contributed by atoms with Gasteiger partial charge in [-0.3, -0.25) is 4.79 Å². The summed E-state index contributed by atoms with van der Waals surface area (Å²) in [5.74, 6) is -0.546. The maximum atomic E-state index is 12.4. The largest absolute Gasteiger partial charge is 0.416 e. The average molecular weight is 390 g/mol. The van der Waals surface area contributed by atoms with Crippen molar-refractivity contribution in [3.05, 3.63) is 23.9 Å². The summed E-state index contributed by atoms with van der Waals surface area (Å²) in [5.41, 5.74) is -0.848. The van der Waals surface area contributed by atoms with Gasteiger partial charge in [-0.05, 0) is 18.6 Å². The molecule has 0 aromatic carbocycles. The maximum Gasteiger partial charge on any atom is 0.416 e. The van der Waals surface area contributed by atoms with Gasteiger partial charge in [0.1, 0.15) is 5.82 Å². The normalized spacial score (nSPS) is 13.2. The number of pyridine rings is 1. The molecule has 0 aliphatic rings. The van der Waals surface area contributed by atoms with Crippen molar-refractivity contribution >= 4 is 43.6 Å². The molecule has 0 fully saturated rings. The summed E-state index contributed by atoms with van der Waals surface area (Å²) < 4.78 is 37.3. The summed E-state index contributed by atoms with van der Waals surface area (Å²) in [7, 11) is 0. The molecule has 1 amide bonds. The second kappa shape index (κ2) is 6.51. The molecular formula is C10H9Br2F3N2O. The van der Waals surface area contributed by atoms with Gasteiger partial charge in [0.25, 0.3) is 0 Å². The Morgan fingerprint density at radius 2 is 2.17 bits per heavy atom. The van der Waals surface area contributed by atoms with Gasteiger partial charge < -0.3 is 5.32 Å². The van der Waals surface area contributed by atoms with Crippen molar-refractivity contribution in [2.24, 2.45) is 0 Å². The summed E-state index contributed by atoms with van der Waals surface area (Å²) >= 11 is 6.29. The number of rotatable bonds is 4. The molecule has 0 aliphatic heterocycles. The Morgan fingerprint density at radius 3 is 2.72 bits per heavy atom. The molecule has 0 spiro atoms. The number of aromatic nitrogens is 1. The third-order valence-corrected chi connectivity index (χ3v) is 3.32. The molecule has 1 rings (SSSR count). The van der Waals surface area contributed by atoms with E-state index in [0.29, 0.717) is 11.8 Å². The van der Waals surface area contributed by atoms with Crippen LogP contribution < -0.4 is 5.32 Å². The zero-order valence-electron chi connectivity index (χ0n) is 8.97. The standard InChI is InChI=1S/C10H9Br2F3N2O/c11-3-1-7(12)9(18)17-8-5-6(2-4-16-8)10(13,14)15/h2,4-5,7H,1,3H2,(H,16,17,18). The molecule has 0 aliphatic carbocycles. The topological polar surface area (TPSA) is 42.0 Å². The van der Waals surface area contributed by atoms with Gasteiger partial charge in [-0.15, -0.1) is 0 Å². The number of carbonyl (C=O) groups is 1. The van der Waals surface area contributed by atoms with E-state index in [9.17, 15) is 18.0 Å². The van der Waals surface area contributed by atoms with E-state index < -0.39 is 22.5 Å². The predicted molar refractivity (Wildman–Crippen MR) is 69.0 cm³/mol. The Morgan fingerprint density at radius 1 is 1.50 bits per heavy atom. The van der Waals surface area contributed by atoms with Gasteiger partial charge in [0.05, 0.1) is 10.4 Å². The fourth-order valence-corrected chi connectivity index (χ4v) is 2.52. The highest BCUT2D eigenvalue weighted by atomic mass is 79.9. The third-order valence-electron chi connectivity index (χ3n) is 1.99. The second-order valence-corrected chi connectivity index (χ2v) is 5.26. The summed E-state index contributed by atoms with van der Waals surface area (Å²) in [5, 5.41) is 2.92. The van der Waals surface area contributed by atoms with E-state index in [2.05, 4.69) is 42.2 Å². The van der Waals surface area contributed by atoms with Gasteiger partial charge in [-0.1, -0.05) is 31.9 Å². The molecule has 0 saturated carbocycles. The first-order valence-corrected chi connectivity index (χ1v) is 6.92. The van der Waals surface area contributed by atoms with Gasteiger partial charge in [-0.2, -0.15) is 13.2 Å². The first kappa shape index (κ1) is 15.4. The van der Waals surface area contributed by atoms with Crippen LogP contribution in [-0.4, -0.2) is 21.0 Å². The number of hydrogen-bond donors (Lipinski definition) is 1. The SMILES string of the molecule is O=C(Nc1cc(C(F)(F)F)ccn1)C(Br)CCBr. The fraction of sp³-hybridized carbons (Fsp3) is 0.400. The highest BCUT2D eigenvalue weighted by molar-refractivity contribution is 9.10. The van der Waals surface area contributed by atoms with E-state index in [1.54, 1.807) is 0 Å². The summed E-state index contributed by atoms with van der Waals surface area (Å²) in [6.07, 6.45) is -2.93. The minimum atomic E-state index is -4.45. The maximum absolute atomic E-state index is 12.4. The Kier molecular flexibility index (Phi) is 5.58. The smallest absolute Gasteiger partial charge is 0.310 e. The van der Waals surface area contributed by atoms with E-state index in [1.807, 2.05) is 0 Å². The molecular weight excluding hydrogens is 381 g/mol. The summed E-state index contributed by atoms with van der Waals surface area (Å²) in [6.45, 7) is 0. The van der Waals surface area contributed by atoms with Gasteiger partial charge >= 0.3 is 6.18 Å². The van der Waals surface area contributed by atoms with Crippen molar-refractivity contribution in [3.8, 4) is 0 Å². The average Bonchev–Trinajstić information content (AvgIpc) is 2.28. The monoisotopic (exact) mass is 388 g/mol. The molecule has 0 radical (unpaired) electrons. The molecule has 1 heterocycles. The van der Waals surface area contributed by atoms with Gasteiger partial charge in [-0.25, -0.2) is 4.98 Å². The third kappa shape index (κ3) is 4.56. The zero-order chi connectivity index (χ0) is 13.8. The van der Waals surface area contributed by atoms with Crippen LogP contribution in [0, 0.1) is 0 Å².